The summed E-state index contributed by atoms with van der Waals surface area (Å²) in [6, 6.07) is 3.48. The zero-order valence-corrected chi connectivity index (χ0v) is 9.66. The summed E-state index contributed by atoms with van der Waals surface area (Å²) in [4.78, 5) is 4.12. The van der Waals surface area contributed by atoms with Crippen LogP contribution in [-0.2, 0) is 6.42 Å². The maximum atomic E-state index is 9.54. The molecule has 3 nitrogen and oxygen atoms in total. The van der Waals surface area contributed by atoms with Crippen molar-refractivity contribution >= 4 is 11.1 Å². The second kappa shape index (κ2) is 4.82. The number of benzene rings is 1. The number of aromatic hydroxyl groups is 1. The molecule has 1 heterocycles. The van der Waals surface area contributed by atoms with E-state index < -0.39 is 0 Å². The van der Waals surface area contributed by atoms with Gasteiger partial charge in [-0.2, -0.15) is 0 Å². The number of hydrogen-bond donors (Lipinski definition) is 1. The van der Waals surface area contributed by atoms with E-state index in [1.54, 1.807) is 13.0 Å². The highest BCUT2D eigenvalue weighted by Crippen LogP contribution is 2.25. The van der Waals surface area contributed by atoms with Gasteiger partial charge in [0.05, 0.1) is 0 Å². The minimum Gasteiger partial charge on any atom is -0.508 e. The summed E-state index contributed by atoms with van der Waals surface area (Å²) in [5, 5.41) is 9.54. The lowest BCUT2D eigenvalue weighted by Crippen LogP contribution is -1.80. The van der Waals surface area contributed by atoms with E-state index >= 15 is 0 Å². The molecule has 1 N–H and O–H groups in total. The predicted octanol–water partition coefficient (Wildman–Crippen LogP) is 3.43. The average molecular weight is 207 g/mol. The fourth-order valence-corrected chi connectivity index (χ4v) is 1.40. The monoisotopic (exact) mass is 207 g/mol. The van der Waals surface area contributed by atoms with E-state index in [4.69, 9.17) is 4.42 Å². The lowest BCUT2D eigenvalue weighted by molar-refractivity contribution is 0.469. The summed E-state index contributed by atoms with van der Waals surface area (Å²) in [5.41, 5.74) is 2.35. The van der Waals surface area contributed by atoms with Gasteiger partial charge in [-0.15, -0.1) is 0 Å². The molecule has 2 aromatic rings. The van der Waals surface area contributed by atoms with Crippen molar-refractivity contribution in [3.05, 3.63) is 23.6 Å². The van der Waals surface area contributed by atoms with Gasteiger partial charge < -0.3 is 9.52 Å². The number of phenolic OH excluding ortho intramolecular Hbond substituents is 1. The van der Waals surface area contributed by atoms with Gasteiger partial charge in [0.25, 0.3) is 0 Å². The number of hydrogen-bond acceptors (Lipinski definition) is 3. The summed E-state index contributed by atoms with van der Waals surface area (Å²) in [5.74, 6) is 0.922. The van der Waals surface area contributed by atoms with Crippen molar-refractivity contribution in [2.45, 2.75) is 34.1 Å². The molecular weight excluding hydrogens is 190 g/mol. The number of oxazole rings is 1. The van der Waals surface area contributed by atoms with E-state index in [9.17, 15) is 5.11 Å². The smallest absolute Gasteiger partial charge is 0.192 e. The zero-order chi connectivity index (χ0) is 11.4. The highest BCUT2D eigenvalue weighted by Gasteiger charge is 2.06. The van der Waals surface area contributed by atoms with E-state index in [-0.39, 0.29) is 0 Å². The first-order chi connectivity index (χ1) is 7.20. The third kappa shape index (κ3) is 2.29. The van der Waals surface area contributed by atoms with Gasteiger partial charge in [-0.1, -0.05) is 20.8 Å². The maximum absolute atomic E-state index is 9.54. The highest BCUT2D eigenvalue weighted by atomic mass is 16.3. The Hall–Kier alpha value is -1.51. The van der Waals surface area contributed by atoms with E-state index in [2.05, 4.69) is 4.98 Å². The minimum atomic E-state index is 0.295. The second-order valence-corrected chi connectivity index (χ2v) is 3.04. The Morgan fingerprint density at radius 3 is 2.60 bits per heavy atom. The standard InChI is InChI=1S/C10H11NO2.C2H6/c1-3-7-4-10-8(5-9(7)12)11-6(2)13-10;1-2/h4-5,12H,3H2,1-2H3;1-2H3. The van der Waals surface area contributed by atoms with Crippen molar-refractivity contribution < 1.29 is 9.52 Å². The molecule has 0 amide bonds. The summed E-state index contributed by atoms with van der Waals surface area (Å²) >= 11 is 0. The van der Waals surface area contributed by atoms with Crippen LogP contribution in [0.4, 0.5) is 0 Å². The van der Waals surface area contributed by atoms with Crippen LogP contribution >= 0.6 is 0 Å². The molecule has 0 aliphatic rings. The van der Waals surface area contributed by atoms with Crippen LogP contribution in [0.3, 0.4) is 0 Å². The molecule has 0 unspecified atom stereocenters. The van der Waals surface area contributed by atoms with Crippen molar-refractivity contribution in [1.82, 2.24) is 4.98 Å². The van der Waals surface area contributed by atoms with Gasteiger partial charge >= 0.3 is 0 Å². The summed E-state index contributed by atoms with van der Waals surface area (Å²) in [6.07, 6.45) is 0.793. The third-order valence-electron chi connectivity index (χ3n) is 2.08. The lowest BCUT2D eigenvalue weighted by Gasteiger charge is -1.98. The van der Waals surface area contributed by atoms with Gasteiger partial charge in [0.1, 0.15) is 11.3 Å². The highest BCUT2D eigenvalue weighted by molar-refractivity contribution is 5.75. The topological polar surface area (TPSA) is 46.3 Å². The van der Waals surface area contributed by atoms with Crippen LogP contribution < -0.4 is 0 Å². The van der Waals surface area contributed by atoms with Gasteiger partial charge in [0.15, 0.2) is 11.5 Å². The van der Waals surface area contributed by atoms with Crippen LogP contribution in [0.2, 0.25) is 0 Å². The first-order valence-electron chi connectivity index (χ1n) is 5.29. The number of phenols is 1. The van der Waals surface area contributed by atoms with Gasteiger partial charge in [0.2, 0.25) is 0 Å². The van der Waals surface area contributed by atoms with E-state index in [0.717, 1.165) is 17.6 Å². The number of fused-ring (bicyclic) bond motifs is 1. The Kier molecular flexibility index (Phi) is 3.72. The van der Waals surface area contributed by atoms with Crippen LogP contribution in [0.5, 0.6) is 5.75 Å². The van der Waals surface area contributed by atoms with Crippen LogP contribution in [0.25, 0.3) is 11.1 Å². The molecular formula is C12H17NO2. The molecule has 0 saturated carbocycles. The average Bonchev–Trinajstić information content (AvgIpc) is 2.59. The Morgan fingerprint density at radius 2 is 2.00 bits per heavy atom. The van der Waals surface area contributed by atoms with Crippen molar-refractivity contribution in [2.75, 3.05) is 0 Å². The molecule has 0 aliphatic carbocycles. The molecule has 0 fully saturated rings. The number of aryl methyl sites for hydroxylation is 2. The van der Waals surface area contributed by atoms with Crippen molar-refractivity contribution in [1.29, 1.82) is 0 Å². The van der Waals surface area contributed by atoms with Crippen LogP contribution in [-0.4, -0.2) is 10.1 Å². The van der Waals surface area contributed by atoms with Crippen LogP contribution in [0, 0.1) is 6.92 Å². The molecule has 2 rings (SSSR count). The largest absolute Gasteiger partial charge is 0.508 e. The molecule has 1 aromatic carbocycles. The third-order valence-corrected chi connectivity index (χ3v) is 2.08. The van der Waals surface area contributed by atoms with Gasteiger partial charge in [-0.25, -0.2) is 4.98 Å². The van der Waals surface area contributed by atoms with E-state index in [1.807, 2.05) is 26.8 Å². The normalized spacial score (nSPS) is 9.87. The molecule has 0 atom stereocenters. The number of rotatable bonds is 1. The molecule has 3 heteroatoms. The molecule has 15 heavy (non-hydrogen) atoms. The number of aromatic nitrogens is 1. The van der Waals surface area contributed by atoms with Crippen molar-refractivity contribution in [2.24, 2.45) is 0 Å². The Bertz CT molecular complexity index is 446. The number of nitrogens with zero attached hydrogens (tertiary/aromatic N) is 1. The lowest BCUT2D eigenvalue weighted by atomic mass is 10.1. The fourth-order valence-electron chi connectivity index (χ4n) is 1.40. The summed E-state index contributed by atoms with van der Waals surface area (Å²) in [7, 11) is 0. The Balaban J connectivity index is 0.000000531. The SMILES string of the molecule is CC.CCc1cc2oc(C)nc2cc1O. The predicted molar refractivity (Wildman–Crippen MR) is 61.1 cm³/mol. The maximum Gasteiger partial charge on any atom is 0.192 e. The van der Waals surface area contributed by atoms with Gasteiger partial charge in [-0.05, 0) is 18.1 Å². The first kappa shape index (κ1) is 11.6. The Labute approximate surface area is 89.8 Å². The summed E-state index contributed by atoms with van der Waals surface area (Å²) in [6.45, 7) is 7.78. The van der Waals surface area contributed by atoms with E-state index in [1.165, 1.54) is 0 Å². The minimum absolute atomic E-state index is 0.295. The molecule has 0 spiro atoms. The van der Waals surface area contributed by atoms with Gasteiger partial charge in [0, 0.05) is 13.0 Å². The van der Waals surface area contributed by atoms with E-state index in [0.29, 0.717) is 17.2 Å². The molecule has 1 aromatic heterocycles. The Morgan fingerprint density at radius 1 is 1.33 bits per heavy atom. The van der Waals surface area contributed by atoms with Crippen LogP contribution in [0.1, 0.15) is 32.2 Å². The molecule has 0 aliphatic heterocycles. The quantitative estimate of drug-likeness (QED) is 0.779. The first-order valence-corrected chi connectivity index (χ1v) is 5.29. The van der Waals surface area contributed by atoms with Crippen LogP contribution in [0.15, 0.2) is 16.5 Å². The van der Waals surface area contributed by atoms with Crippen molar-refractivity contribution in [3.63, 3.8) is 0 Å². The van der Waals surface area contributed by atoms with Gasteiger partial charge in [-0.3, -0.25) is 0 Å². The fraction of sp³-hybridized carbons (Fsp3) is 0.417. The second-order valence-electron chi connectivity index (χ2n) is 3.04. The molecule has 82 valence electrons. The summed E-state index contributed by atoms with van der Waals surface area (Å²) < 4.78 is 5.34. The zero-order valence-electron chi connectivity index (χ0n) is 9.66. The molecule has 0 bridgehead atoms. The molecule has 0 radical (unpaired) electrons. The molecule has 0 saturated heterocycles. The van der Waals surface area contributed by atoms with Crippen molar-refractivity contribution in [3.8, 4) is 5.75 Å².